The third-order valence-corrected chi connectivity index (χ3v) is 7.45. The molecule has 122 valence electrons. The predicted molar refractivity (Wildman–Crippen MR) is 86.8 cm³/mol. The Labute approximate surface area is 135 Å². The second-order valence-corrected chi connectivity index (χ2v) is 9.74. The van der Waals surface area contributed by atoms with Crippen LogP contribution in [0.25, 0.3) is 0 Å². The van der Waals surface area contributed by atoms with Gasteiger partial charge in [-0.2, -0.15) is 0 Å². The molecular weight excluding hydrogens is 320 g/mol. The molecule has 0 radical (unpaired) electrons. The number of carbonyl (C=O) groups is 1. The lowest BCUT2D eigenvalue weighted by Crippen LogP contribution is -2.45. The van der Waals surface area contributed by atoms with E-state index in [-0.39, 0.29) is 29.4 Å². The Morgan fingerprint density at radius 2 is 2.18 bits per heavy atom. The molecule has 7 heteroatoms. The molecule has 1 saturated heterocycles. The maximum absolute atomic E-state index is 12.9. The van der Waals surface area contributed by atoms with Gasteiger partial charge in [-0.3, -0.25) is 4.79 Å². The SMILES string of the molecule is CCN(C(=O)C1CCc2nc(C)sc2C1)C1CCS(=O)(=O)C1. The normalized spacial score (nSPS) is 26.6. The Balaban J connectivity index is 1.73. The van der Waals surface area contributed by atoms with E-state index in [0.29, 0.717) is 13.0 Å². The third kappa shape index (κ3) is 3.06. The number of fused-ring (bicyclic) bond motifs is 1. The number of thiazole rings is 1. The minimum Gasteiger partial charge on any atom is -0.339 e. The van der Waals surface area contributed by atoms with Crippen LogP contribution in [-0.4, -0.2) is 48.3 Å². The lowest BCUT2D eigenvalue weighted by atomic mass is 9.89. The number of hydrogen-bond acceptors (Lipinski definition) is 5. The zero-order chi connectivity index (χ0) is 15.9. The van der Waals surface area contributed by atoms with Gasteiger partial charge in [-0.15, -0.1) is 11.3 Å². The van der Waals surface area contributed by atoms with Crippen molar-refractivity contribution in [1.82, 2.24) is 9.88 Å². The van der Waals surface area contributed by atoms with E-state index in [9.17, 15) is 13.2 Å². The monoisotopic (exact) mass is 342 g/mol. The molecule has 1 fully saturated rings. The smallest absolute Gasteiger partial charge is 0.226 e. The summed E-state index contributed by atoms with van der Waals surface area (Å²) in [5, 5.41) is 1.06. The third-order valence-electron chi connectivity index (χ3n) is 4.67. The summed E-state index contributed by atoms with van der Waals surface area (Å²) in [6, 6.07) is -0.132. The van der Waals surface area contributed by atoms with Gasteiger partial charge in [0.25, 0.3) is 0 Å². The molecule has 2 heterocycles. The second kappa shape index (κ2) is 5.92. The van der Waals surface area contributed by atoms with Crippen molar-refractivity contribution >= 4 is 27.1 Å². The molecule has 0 bridgehead atoms. The molecular formula is C15H22N2O3S2. The van der Waals surface area contributed by atoms with E-state index in [2.05, 4.69) is 4.98 Å². The van der Waals surface area contributed by atoms with E-state index in [1.165, 1.54) is 4.88 Å². The summed E-state index contributed by atoms with van der Waals surface area (Å²) in [5.41, 5.74) is 1.15. The molecule has 1 aromatic rings. The molecule has 5 nitrogen and oxygen atoms in total. The number of sulfone groups is 1. The Morgan fingerprint density at radius 1 is 1.41 bits per heavy atom. The summed E-state index contributed by atoms with van der Waals surface area (Å²) < 4.78 is 23.4. The van der Waals surface area contributed by atoms with Crippen LogP contribution in [0, 0.1) is 12.8 Å². The molecule has 1 amide bonds. The highest BCUT2D eigenvalue weighted by Gasteiger charge is 2.37. The fraction of sp³-hybridized carbons (Fsp3) is 0.733. The number of hydrogen-bond donors (Lipinski definition) is 0. The average Bonchev–Trinajstić information content (AvgIpc) is 3.00. The van der Waals surface area contributed by atoms with Crippen LogP contribution in [0.3, 0.4) is 0 Å². The van der Waals surface area contributed by atoms with Crippen LogP contribution in [-0.2, 0) is 27.5 Å². The van der Waals surface area contributed by atoms with Crippen molar-refractivity contribution in [2.24, 2.45) is 5.92 Å². The maximum Gasteiger partial charge on any atom is 0.226 e. The van der Waals surface area contributed by atoms with Crippen LogP contribution in [0.2, 0.25) is 0 Å². The summed E-state index contributed by atoms with van der Waals surface area (Å²) in [5.74, 6) is 0.450. The quantitative estimate of drug-likeness (QED) is 0.837. The van der Waals surface area contributed by atoms with E-state index in [1.54, 1.807) is 16.2 Å². The molecule has 1 aliphatic carbocycles. The molecule has 0 aromatic carbocycles. The van der Waals surface area contributed by atoms with Gasteiger partial charge < -0.3 is 4.90 Å². The summed E-state index contributed by atoms with van der Waals surface area (Å²) in [4.78, 5) is 20.4. The summed E-state index contributed by atoms with van der Waals surface area (Å²) >= 11 is 1.68. The van der Waals surface area contributed by atoms with Gasteiger partial charge in [0.15, 0.2) is 9.84 Å². The van der Waals surface area contributed by atoms with Gasteiger partial charge in [-0.25, -0.2) is 13.4 Å². The average molecular weight is 342 g/mol. The largest absolute Gasteiger partial charge is 0.339 e. The fourth-order valence-electron chi connectivity index (χ4n) is 3.56. The highest BCUT2D eigenvalue weighted by Crippen LogP contribution is 2.31. The molecule has 0 N–H and O–H groups in total. The number of amides is 1. The van der Waals surface area contributed by atoms with Gasteiger partial charge in [0.2, 0.25) is 5.91 Å². The predicted octanol–water partition coefficient (Wildman–Crippen LogP) is 1.59. The van der Waals surface area contributed by atoms with E-state index in [0.717, 1.165) is 30.0 Å². The standard InChI is InChI=1S/C15H22N2O3S2/c1-3-17(12-6-7-22(19,20)9-12)15(18)11-4-5-13-14(8-11)21-10(2)16-13/h11-12H,3-9H2,1-2H3. The van der Waals surface area contributed by atoms with Gasteiger partial charge in [-0.05, 0) is 39.5 Å². The maximum atomic E-state index is 12.9. The number of rotatable bonds is 3. The van der Waals surface area contributed by atoms with Crippen molar-refractivity contribution in [2.45, 2.75) is 45.6 Å². The zero-order valence-electron chi connectivity index (χ0n) is 13.0. The van der Waals surface area contributed by atoms with Crippen molar-refractivity contribution in [1.29, 1.82) is 0 Å². The first-order valence-corrected chi connectivity index (χ1v) is 10.5. The summed E-state index contributed by atoms with van der Waals surface area (Å²) in [6.07, 6.45) is 3.02. The summed E-state index contributed by atoms with van der Waals surface area (Å²) in [7, 11) is -2.96. The lowest BCUT2D eigenvalue weighted by molar-refractivity contribution is -0.137. The van der Waals surface area contributed by atoms with E-state index in [1.807, 2.05) is 13.8 Å². The molecule has 3 rings (SSSR count). The van der Waals surface area contributed by atoms with E-state index >= 15 is 0 Å². The molecule has 2 atom stereocenters. The first-order valence-electron chi connectivity index (χ1n) is 7.85. The molecule has 1 aliphatic heterocycles. The highest BCUT2D eigenvalue weighted by molar-refractivity contribution is 7.91. The van der Waals surface area contributed by atoms with Crippen molar-refractivity contribution in [2.75, 3.05) is 18.1 Å². The molecule has 0 spiro atoms. The molecule has 2 aliphatic rings. The Hall–Kier alpha value is -0.950. The van der Waals surface area contributed by atoms with Gasteiger partial charge in [0.05, 0.1) is 22.2 Å². The number of aromatic nitrogens is 1. The van der Waals surface area contributed by atoms with Gasteiger partial charge in [0.1, 0.15) is 0 Å². The number of nitrogens with zero attached hydrogens (tertiary/aromatic N) is 2. The van der Waals surface area contributed by atoms with Crippen molar-refractivity contribution < 1.29 is 13.2 Å². The number of carbonyl (C=O) groups excluding carboxylic acids is 1. The van der Waals surface area contributed by atoms with Crippen molar-refractivity contribution in [3.8, 4) is 0 Å². The van der Waals surface area contributed by atoms with Crippen LogP contribution >= 0.6 is 11.3 Å². The van der Waals surface area contributed by atoms with Crippen LogP contribution in [0.4, 0.5) is 0 Å². The molecule has 22 heavy (non-hydrogen) atoms. The van der Waals surface area contributed by atoms with Crippen LogP contribution in [0.15, 0.2) is 0 Å². The Morgan fingerprint density at radius 3 is 2.82 bits per heavy atom. The van der Waals surface area contributed by atoms with Crippen LogP contribution < -0.4 is 0 Å². The fourth-order valence-corrected chi connectivity index (χ4v) is 6.36. The van der Waals surface area contributed by atoms with Gasteiger partial charge >= 0.3 is 0 Å². The first kappa shape index (κ1) is 15.9. The highest BCUT2D eigenvalue weighted by atomic mass is 32.2. The molecule has 2 unspecified atom stereocenters. The minimum absolute atomic E-state index is 0.0180. The van der Waals surface area contributed by atoms with Crippen molar-refractivity contribution in [3.63, 3.8) is 0 Å². The second-order valence-electron chi connectivity index (χ2n) is 6.22. The molecule has 0 saturated carbocycles. The minimum atomic E-state index is -2.96. The van der Waals surface area contributed by atoms with E-state index < -0.39 is 9.84 Å². The van der Waals surface area contributed by atoms with Crippen molar-refractivity contribution in [3.05, 3.63) is 15.6 Å². The molecule has 1 aromatic heterocycles. The van der Waals surface area contributed by atoms with E-state index in [4.69, 9.17) is 0 Å². The number of aryl methyl sites for hydroxylation is 2. The zero-order valence-corrected chi connectivity index (χ0v) is 14.7. The Bertz CT molecular complexity index is 681. The van der Waals surface area contributed by atoms with Gasteiger partial charge in [-0.1, -0.05) is 0 Å². The lowest BCUT2D eigenvalue weighted by Gasteiger charge is -2.32. The first-order chi connectivity index (χ1) is 10.4. The van der Waals surface area contributed by atoms with Crippen LogP contribution in [0.1, 0.15) is 35.3 Å². The Kier molecular flexibility index (Phi) is 4.29. The summed E-state index contributed by atoms with van der Waals surface area (Å²) in [6.45, 7) is 4.53. The van der Waals surface area contributed by atoms with Crippen LogP contribution in [0.5, 0.6) is 0 Å². The topological polar surface area (TPSA) is 67.3 Å². The van der Waals surface area contributed by atoms with Gasteiger partial charge in [0, 0.05) is 23.4 Å².